The molecular weight excluding hydrogens is 224 g/mol. The van der Waals surface area contributed by atoms with Crippen molar-refractivity contribution in [1.82, 2.24) is 4.90 Å². The number of hydrogen-bond acceptors (Lipinski definition) is 2. The van der Waals surface area contributed by atoms with E-state index >= 15 is 0 Å². The van der Waals surface area contributed by atoms with Crippen LogP contribution < -0.4 is 5.73 Å². The van der Waals surface area contributed by atoms with Gasteiger partial charge in [0.15, 0.2) is 0 Å². The molecule has 0 unspecified atom stereocenters. The molecule has 1 rings (SSSR count). The number of benzene rings is 1. The third kappa shape index (κ3) is 5.32. The molecule has 100 valence electrons. The highest BCUT2D eigenvalue weighted by molar-refractivity contribution is 5.76. The molecule has 0 spiro atoms. The Balaban J connectivity index is 2.40. The molecule has 0 fully saturated rings. The van der Waals surface area contributed by atoms with E-state index in [4.69, 9.17) is 5.73 Å². The molecule has 0 aliphatic rings. The average Bonchev–Trinajstić information content (AvgIpc) is 2.42. The largest absolute Gasteiger partial charge is 0.341 e. The molecule has 2 N–H and O–H groups in total. The summed E-state index contributed by atoms with van der Waals surface area (Å²) in [5.74, 6) is 0.220. The second-order valence-corrected chi connectivity index (χ2v) is 4.51. The molecule has 0 heterocycles. The van der Waals surface area contributed by atoms with Crippen LogP contribution in [0.1, 0.15) is 31.7 Å². The quantitative estimate of drug-likeness (QED) is 0.766. The summed E-state index contributed by atoms with van der Waals surface area (Å²) in [5, 5.41) is 0. The van der Waals surface area contributed by atoms with Crippen molar-refractivity contribution in [2.45, 2.75) is 32.6 Å². The Morgan fingerprint density at radius 1 is 1.22 bits per heavy atom. The lowest BCUT2D eigenvalue weighted by Crippen LogP contribution is -2.36. The van der Waals surface area contributed by atoms with Crippen LogP contribution in [0.25, 0.3) is 0 Å². The molecule has 0 aliphatic heterocycles. The number of hydrogen-bond donors (Lipinski definition) is 1. The standard InChI is InChI=1S/C15H24N2O/c1-2-3-12-17(13-11-16)15(18)10-9-14-7-5-4-6-8-14/h4-8H,2-3,9-13,16H2,1H3. The minimum atomic E-state index is 0.220. The van der Waals surface area contributed by atoms with Crippen LogP contribution in [0.3, 0.4) is 0 Å². The first-order valence-electron chi connectivity index (χ1n) is 6.79. The zero-order valence-corrected chi connectivity index (χ0v) is 11.3. The van der Waals surface area contributed by atoms with Crippen LogP contribution in [-0.2, 0) is 11.2 Å². The van der Waals surface area contributed by atoms with Gasteiger partial charge in [0, 0.05) is 26.1 Å². The van der Waals surface area contributed by atoms with Crippen molar-refractivity contribution in [3.8, 4) is 0 Å². The van der Waals surface area contributed by atoms with Crippen molar-refractivity contribution in [2.75, 3.05) is 19.6 Å². The van der Waals surface area contributed by atoms with E-state index < -0.39 is 0 Å². The van der Waals surface area contributed by atoms with Gasteiger partial charge < -0.3 is 10.6 Å². The van der Waals surface area contributed by atoms with E-state index in [1.165, 1.54) is 5.56 Å². The van der Waals surface area contributed by atoms with Crippen molar-refractivity contribution in [1.29, 1.82) is 0 Å². The highest BCUT2D eigenvalue weighted by Gasteiger charge is 2.11. The van der Waals surface area contributed by atoms with Crippen molar-refractivity contribution in [3.63, 3.8) is 0 Å². The topological polar surface area (TPSA) is 46.3 Å². The van der Waals surface area contributed by atoms with Crippen LogP contribution in [0.5, 0.6) is 0 Å². The molecule has 0 bridgehead atoms. The van der Waals surface area contributed by atoms with Gasteiger partial charge in [-0.15, -0.1) is 0 Å². The smallest absolute Gasteiger partial charge is 0.222 e. The van der Waals surface area contributed by atoms with E-state index in [1.54, 1.807) is 0 Å². The van der Waals surface area contributed by atoms with Crippen molar-refractivity contribution in [3.05, 3.63) is 35.9 Å². The first kappa shape index (κ1) is 14.7. The van der Waals surface area contributed by atoms with Gasteiger partial charge in [-0.05, 0) is 18.4 Å². The lowest BCUT2D eigenvalue weighted by molar-refractivity contribution is -0.131. The van der Waals surface area contributed by atoms with E-state index in [9.17, 15) is 4.79 Å². The van der Waals surface area contributed by atoms with Gasteiger partial charge in [-0.1, -0.05) is 43.7 Å². The third-order valence-corrected chi connectivity index (χ3v) is 3.00. The average molecular weight is 248 g/mol. The van der Waals surface area contributed by atoms with Gasteiger partial charge in [-0.2, -0.15) is 0 Å². The lowest BCUT2D eigenvalue weighted by atomic mass is 10.1. The zero-order chi connectivity index (χ0) is 13.2. The van der Waals surface area contributed by atoms with E-state index in [0.717, 1.165) is 25.8 Å². The number of aryl methyl sites for hydroxylation is 1. The Labute approximate surface area is 110 Å². The molecule has 1 aromatic rings. The summed E-state index contributed by atoms with van der Waals surface area (Å²) in [6.07, 6.45) is 3.55. The van der Waals surface area contributed by atoms with Crippen molar-refractivity contribution >= 4 is 5.91 Å². The summed E-state index contributed by atoms with van der Waals surface area (Å²) >= 11 is 0. The molecule has 0 aromatic heterocycles. The van der Waals surface area contributed by atoms with Crippen LogP contribution in [0.4, 0.5) is 0 Å². The van der Waals surface area contributed by atoms with E-state index in [0.29, 0.717) is 19.5 Å². The van der Waals surface area contributed by atoms with Crippen LogP contribution in [0, 0.1) is 0 Å². The van der Waals surface area contributed by atoms with Crippen LogP contribution in [0.15, 0.2) is 30.3 Å². The Morgan fingerprint density at radius 2 is 1.94 bits per heavy atom. The number of carbonyl (C=O) groups is 1. The summed E-state index contributed by atoms with van der Waals surface area (Å²) in [4.78, 5) is 14.0. The number of rotatable bonds is 8. The van der Waals surface area contributed by atoms with Gasteiger partial charge in [0.2, 0.25) is 5.91 Å². The predicted molar refractivity (Wildman–Crippen MR) is 75.3 cm³/mol. The fourth-order valence-electron chi connectivity index (χ4n) is 1.92. The summed E-state index contributed by atoms with van der Waals surface area (Å²) < 4.78 is 0. The lowest BCUT2D eigenvalue weighted by Gasteiger charge is -2.21. The SMILES string of the molecule is CCCCN(CCN)C(=O)CCc1ccccc1. The van der Waals surface area contributed by atoms with Crippen LogP contribution in [0.2, 0.25) is 0 Å². The number of amides is 1. The highest BCUT2D eigenvalue weighted by atomic mass is 16.2. The fraction of sp³-hybridized carbons (Fsp3) is 0.533. The first-order chi connectivity index (χ1) is 8.77. The summed E-state index contributed by atoms with van der Waals surface area (Å²) in [7, 11) is 0. The van der Waals surface area contributed by atoms with E-state index in [2.05, 4.69) is 19.1 Å². The maximum absolute atomic E-state index is 12.1. The predicted octanol–water partition coefficient (Wildman–Crippen LogP) is 2.21. The van der Waals surface area contributed by atoms with Crippen molar-refractivity contribution < 1.29 is 4.79 Å². The summed E-state index contributed by atoms with van der Waals surface area (Å²) in [6.45, 7) is 4.19. The minimum Gasteiger partial charge on any atom is -0.341 e. The highest BCUT2D eigenvalue weighted by Crippen LogP contribution is 2.05. The van der Waals surface area contributed by atoms with Gasteiger partial charge >= 0.3 is 0 Å². The molecule has 0 atom stereocenters. The molecule has 3 heteroatoms. The summed E-state index contributed by atoms with van der Waals surface area (Å²) in [5.41, 5.74) is 6.77. The maximum Gasteiger partial charge on any atom is 0.222 e. The van der Waals surface area contributed by atoms with Crippen LogP contribution >= 0.6 is 0 Å². The molecule has 3 nitrogen and oxygen atoms in total. The molecule has 1 amide bonds. The molecule has 0 saturated carbocycles. The third-order valence-electron chi connectivity index (χ3n) is 3.00. The number of carbonyl (C=O) groups excluding carboxylic acids is 1. The van der Waals surface area contributed by atoms with Crippen molar-refractivity contribution in [2.24, 2.45) is 5.73 Å². The summed E-state index contributed by atoms with van der Waals surface area (Å²) in [6, 6.07) is 10.1. The van der Waals surface area contributed by atoms with Gasteiger partial charge in [0.1, 0.15) is 0 Å². The first-order valence-corrected chi connectivity index (χ1v) is 6.79. The van der Waals surface area contributed by atoms with Gasteiger partial charge in [-0.25, -0.2) is 0 Å². The molecule has 1 aromatic carbocycles. The molecule has 0 saturated heterocycles. The Kier molecular flexibility index (Phi) is 7.11. The maximum atomic E-state index is 12.1. The molecule has 0 radical (unpaired) electrons. The normalized spacial score (nSPS) is 10.3. The van der Waals surface area contributed by atoms with Gasteiger partial charge in [0.25, 0.3) is 0 Å². The second kappa shape index (κ2) is 8.70. The fourth-order valence-corrected chi connectivity index (χ4v) is 1.92. The van der Waals surface area contributed by atoms with E-state index in [-0.39, 0.29) is 5.91 Å². The molecule has 18 heavy (non-hydrogen) atoms. The monoisotopic (exact) mass is 248 g/mol. The molecular formula is C15H24N2O. The number of nitrogens with two attached hydrogens (primary N) is 1. The van der Waals surface area contributed by atoms with Crippen LogP contribution in [-0.4, -0.2) is 30.4 Å². The Hall–Kier alpha value is -1.35. The van der Waals surface area contributed by atoms with Gasteiger partial charge in [-0.3, -0.25) is 4.79 Å². The zero-order valence-electron chi connectivity index (χ0n) is 11.3. The minimum absolute atomic E-state index is 0.220. The number of nitrogens with zero attached hydrogens (tertiary/aromatic N) is 1. The van der Waals surface area contributed by atoms with E-state index in [1.807, 2.05) is 23.1 Å². The van der Waals surface area contributed by atoms with Gasteiger partial charge in [0.05, 0.1) is 0 Å². The molecule has 0 aliphatic carbocycles. The number of unbranched alkanes of at least 4 members (excludes halogenated alkanes) is 1. The second-order valence-electron chi connectivity index (χ2n) is 4.51. The Morgan fingerprint density at radius 3 is 2.56 bits per heavy atom. The Bertz CT molecular complexity index is 338.